The van der Waals surface area contributed by atoms with E-state index in [4.69, 9.17) is 28.2 Å². The van der Waals surface area contributed by atoms with Gasteiger partial charge < -0.3 is 4.42 Å². The van der Waals surface area contributed by atoms with Gasteiger partial charge in [-0.2, -0.15) is 0 Å². The average molecular weight is 410 g/mol. The van der Waals surface area contributed by atoms with Crippen molar-refractivity contribution in [3.8, 4) is 0 Å². The zero-order valence-electron chi connectivity index (χ0n) is 13.9. The van der Waals surface area contributed by atoms with Gasteiger partial charge in [0.05, 0.1) is 4.91 Å². The van der Waals surface area contributed by atoms with Crippen LogP contribution in [-0.2, 0) is 4.79 Å². The molecular weight excluding hydrogens is 394 g/mol. The van der Waals surface area contributed by atoms with Crippen molar-refractivity contribution in [3.63, 3.8) is 0 Å². The van der Waals surface area contributed by atoms with E-state index in [-0.39, 0.29) is 11.4 Å². The molecule has 2 heterocycles. The minimum Gasteiger partial charge on any atom is -0.450 e. The Balaban J connectivity index is 1.77. The van der Waals surface area contributed by atoms with Crippen LogP contribution in [0.2, 0.25) is 5.02 Å². The molecule has 0 N–H and O–H groups in total. The van der Waals surface area contributed by atoms with Crippen molar-refractivity contribution in [2.24, 2.45) is 0 Å². The number of carbonyl (C=O) groups is 1. The Morgan fingerprint density at radius 2 is 1.88 bits per heavy atom. The van der Waals surface area contributed by atoms with Crippen LogP contribution < -0.4 is 0 Å². The van der Waals surface area contributed by atoms with Crippen molar-refractivity contribution in [2.75, 3.05) is 0 Å². The third-order valence-electron chi connectivity index (χ3n) is 3.37. The van der Waals surface area contributed by atoms with Crippen LogP contribution in [0.3, 0.4) is 0 Å². The first kappa shape index (κ1) is 18.6. The number of carbonyl (C=O) groups excluding carboxylic acids is 1. The van der Waals surface area contributed by atoms with E-state index >= 15 is 0 Å². The number of furan rings is 1. The number of amides is 1. The molecule has 0 spiro atoms. The van der Waals surface area contributed by atoms with Gasteiger partial charge in [-0.1, -0.05) is 47.3 Å². The molecule has 0 unspecified atom stereocenters. The van der Waals surface area contributed by atoms with E-state index in [1.807, 2.05) is 57.2 Å². The summed E-state index contributed by atoms with van der Waals surface area (Å²) in [6.07, 6.45) is 1.75. The van der Waals surface area contributed by atoms with Gasteiger partial charge in [-0.25, -0.2) is 0 Å². The van der Waals surface area contributed by atoms with Crippen LogP contribution in [0.25, 0.3) is 6.08 Å². The fourth-order valence-corrected chi connectivity index (χ4v) is 4.78. The Bertz CT molecular complexity index is 850. The minimum absolute atomic E-state index is 0.0780. The smallest absolute Gasteiger partial charge is 0.266 e. The molecule has 1 aliphatic rings. The van der Waals surface area contributed by atoms with Gasteiger partial charge in [-0.05, 0) is 57.2 Å². The molecule has 3 nitrogen and oxygen atoms in total. The van der Waals surface area contributed by atoms with Crippen LogP contribution in [-0.4, -0.2) is 20.7 Å². The summed E-state index contributed by atoms with van der Waals surface area (Å²) in [7, 11) is 0. The molecule has 0 saturated carbocycles. The highest BCUT2D eigenvalue weighted by Gasteiger charge is 2.39. The molecule has 1 aromatic carbocycles. The van der Waals surface area contributed by atoms with E-state index in [2.05, 4.69) is 0 Å². The standard InChI is InChI=1S/C18H16ClNO2S3/c1-18(2,3)20-16(21)14(25-17(20)23)10-12-6-9-15(22-12)24-13-7-4-11(19)5-8-13/h4-10H,1-3H3/b14-10+. The van der Waals surface area contributed by atoms with E-state index in [9.17, 15) is 4.79 Å². The number of halogens is 1. The Morgan fingerprint density at radius 1 is 1.20 bits per heavy atom. The molecule has 0 bridgehead atoms. The molecule has 2 aromatic rings. The highest BCUT2D eigenvalue weighted by Crippen LogP contribution is 2.37. The second-order valence-electron chi connectivity index (χ2n) is 6.40. The lowest BCUT2D eigenvalue weighted by molar-refractivity contribution is -0.125. The molecule has 7 heteroatoms. The Kier molecular flexibility index (Phi) is 5.34. The summed E-state index contributed by atoms with van der Waals surface area (Å²) in [5.41, 5.74) is -0.338. The van der Waals surface area contributed by atoms with Crippen LogP contribution >= 0.6 is 47.3 Å². The lowest BCUT2D eigenvalue weighted by Gasteiger charge is -2.30. The summed E-state index contributed by atoms with van der Waals surface area (Å²) in [4.78, 5) is 15.8. The summed E-state index contributed by atoms with van der Waals surface area (Å²) in [6, 6.07) is 11.3. The van der Waals surface area contributed by atoms with Crippen LogP contribution in [0.1, 0.15) is 26.5 Å². The SMILES string of the molecule is CC(C)(C)N1C(=O)/C(=C\c2ccc(Sc3ccc(Cl)cc3)o2)SC1=S. The first-order valence-electron chi connectivity index (χ1n) is 7.55. The van der Waals surface area contributed by atoms with Crippen LogP contribution in [0.4, 0.5) is 0 Å². The fourth-order valence-electron chi connectivity index (χ4n) is 2.26. The molecule has 1 aromatic heterocycles. The maximum absolute atomic E-state index is 12.6. The topological polar surface area (TPSA) is 33.5 Å². The van der Waals surface area contributed by atoms with Crippen LogP contribution in [0.15, 0.2) is 55.7 Å². The second kappa shape index (κ2) is 7.19. The van der Waals surface area contributed by atoms with Gasteiger partial charge in [0.15, 0.2) is 5.09 Å². The highest BCUT2D eigenvalue weighted by molar-refractivity contribution is 8.26. The van der Waals surface area contributed by atoms with Crippen molar-refractivity contribution in [2.45, 2.75) is 36.3 Å². The number of thiocarbonyl (C=S) groups is 1. The molecule has 1 aliphatic heterocycles. The zero-order valence-corrected chi connectivity index (χ0v) is 17.1. The third-order valence-corrected chi connectivity index (χ3v) is 5.85. The summed E-state index contributed by atoms with van der Waals surface area (Å²) in [5, 5.41) is 1.45. The molecule has 0 atom stereocenters. The summed E-state index contributed by atoms with van der Waals surface area (Å²) < 4.78 is 6.39. The first-order chi connectivity index (χ1) is 11.7. The van der Waals surface area contributed by atoms with Crippen molar-refractivity contribution in [1.29, 1.82) is 0 Å². The lowest BCUT2D eigenvalue weighted by Crippen LogP contribution is -2.44. The number of nitrogens with zero attached hydrogens (tertiary/aromatic N) is 1. The average Bonchev–Trinajstić information content (AvgIpc) is 3.06. The maximum Gasteiger partial charge on any atom is 0.266 e. The van der Waals surface area contributed by atoms with Gasteiger partial charge in [-0.3, -0.25) is 9.69 Å². The van der Waals surface area contributed by atoms with Gasteiger partial charge in [0.25, 0.3) is 5.91 Å². The van der Waals surface area contributed by atoms with Crippen molar-refractivity contribution < 1.29 is 9.21 Å². The molecule has 1 amide bonds. The molecule has 0 aliphatic carbocycles. The number of hydrogen-bond acceptors (Lipinski definition) is 5. The predicted molar refractivity (Wildman–Crippen MR) is 109 cm³/mol. The monoisotopic (exact) mass is 409 g/mol. The van der Waals surface area contributed by atoms with E-state index < -0.39 is 0 Å². The van der Waals surface area contributed by atoms with Gasteiger partial charge in [0.1, 0.15) is 10.1 Å². The highest BCUT2D eigenvalue weighted by atomic mass is 35.5. The maximum atomic E-state index is 12.6. The van der Waals surface area contributed by atoms with Gasteiger partial charge in [0.2, 0.25) is 0 Å². The van der Waals surface area contributed by atoms with E-state index in [1.54, 1.807) is 11.0 Å². The molecule has 1 fully saturated rings. The Hall–Kier alpha value is -1.21. The van der Waals surface area contributed by atoms with Crippen LogP contribution in [0.5, 0.6) is 0 Å². The van der Waals surface area contributed by atoms with Crippen LogP contribution in [0, 0.1) is 0 Å². The normalized spacial score (nSPS) is 17.0. The molecule has 0 radical (unpaired) electrons. The Labute approximate surface area is 165 Å². The number of hydrogen-bond donors (Lipinski definition) is 0. The lowest BCUT2D eigenvalue weighted by atomic mass is 10.1. The summed E-state index contributed by atoms with van der Waals surface area (Å²) in [6.45, 7) is 5.90. The van der Waals surface area contributed by atoms with Crippen molar-refractivity contribution >= 4 is 63.6 Å². The molecule has 3 rings (SSSR count). The first-order valence-corrected chi connectivity index (χ1v) is 9.97. The number of thioether (sulfide) groups is 1. The van der Waals surface area contributed by atoms with Gasteiger partial charge in [-0.15, -0.1) is 0 Å². The second-order valence-corrected chi connectivity index (χ2v) is 9.59. The summed E-state index contributed by atoms with van der Waals surface area (Å²) >= 11 is 14.0. The van der Waals surface area contributed by atoms with E-state index in [0.29, 0.717) is 20.0 Å². The fraction of sp³-hybridized carbons (Fsp3) is 0.222. The number of benzene rings is 1. The largest absolute Gasteiger partial charge is 0.450 e. The quantitative estimate of drug-likeness (QED) is 0.453. The van der Waals surface area contributed by atoms with E-state index in [1.165, 1.54) is 23.5 Å². The molecule has 130 valence electrons. The number of rotatable bonds is 3. The van der Waals surface area contributed by atoms with E-state index in [0.717, 1.165) is 9.99 Å². The molecular formula is C18H16ClNO2S3. The van der Waals surface area contributed by atoms with Crippen molar-refractivity contribution in [1.82, 2.24) is 4.90 Å². The minimum atomic E-state index is -0.338. The van der Waals surface area contributed by atoms with Crippen molar-refractivity contribution in [3.05, 3.63) is 52.1 Å². The van der Waals surface area contributed by atoms with Gasteiger partial charge >= 0.3 is 0 Å². The zero-order chi connectivity index (χ0) is 18.2. The predicted octanol–water partition coefficient (Wildman–Crippen LogP) is 6.08. The summed E-state index contributed by atoms with van der Waals surface area (Å²) in [5.74, 6) is 0.552. The Morgan fingerprint density at radius 3 is 2.48 bits per heavy atom. The third kappa shape index (κ3) is 4.31. The molecule has 25 heavy (non-hydrogen) atoms. The van der Waals surface area contributed by atoms with Gasteiger partial charge in [0, 0.05) is 21.5 Å². The molecule has 1 saturated heterocycles.